The van der Waals surface area contributed by atoms with Crippen LogP contribution in [0.5, 0.6) is 11.5 Å². The molecular formula is C19H23N3O5. The molecule has 144 valence electrons. The number of methoxy groups -OCH3 is 2. The Hall–Kier alpha value is -3.00. The monoisotopic (exact) mass is 373 g/mol. The molecule has 0 spiro atoms. The summed E-state index contributed by atoms with van der Waals surface area (Å²) in [5, 5.41) is 0. The summed E-state index contributed by atoms with van der Waals surface area (Å²) in [6, 6.07) is 6.75. The van der Waals surface area contributed by atoms with E-state index in [1.807, 2.05) is 0 Å². The maximum Gasteiger partial charge on any atom is 0.257 e. The van der Waals surface area contributed by atoms with Gasteiger partial charge in [0.05, 0.1) is 31.9 Å². The van der Waals surface area contributed by atoms with E-state index < -0.39 is 0 Å². The third kappa shape index (κ3) is 3.90. The normalized spacial score (nSPS) is 14.2. The largest absolute Gasteiger partial charge is 0.497 e. The molecule has 0 bridgehead atoms. The van der Waals surface area contributed by atoms with E-state index in [-0.39, 0.29) is 18.4 Å². The predicted molar refractivity (Wildman–Crippen MR) is 98.0 cm³/mol. The second kappa shape index (κ2) is 8.13. The van der Waals surface area contributed by atoms with Gasteiger partial charge in [0.2, 0.25) is 0 Å². The first-order chi connectivity index (χ1) is 13.1. The average molecular weight is 373 g/mol. The molecule has 2 amide bonds. The lowest BCUT2D eigenvalue weighted by Gasteiger charge is -2.34. The van der Waals surface area contributed by atoms with Gasteiger partial charge in [0.25, 0.3) is 11.8 Å². The molecule has 0 saturated carbocycles. The Labute approximate surface area is 157 Å². The SMILES string of the molecule is COc1ccc(C(=O)N2CCN(C(=O)c3coc(CN)c3)CC2)c(OC)c1. The van der Waals surface area contributed by atoms with E-state index in [2.05, 4.69) is 0 Å². The van der Waals surface area contributed by atoms with Crippen molar-refractivity contribution in [1.82, 2.24) is 9.80 Å². The summed E-state index contributed by atoms with van der Waals surface area (Å²) < 4.78 is 15.7. The molecule has 2 N–H and O–H groups in total. The lowest BCUT2D eigenvalue weighted by Crippen LogP contribution is -2.50. The first-order valence-corrected chi connectivity index (χ1v) is 8.65. The summed E-state index contributed by atoms with van der Waals surface area (Å²) in [7, 11) is 3.08. The van der Waals surface area contributed by atoms with Gasteiger partial charge >= 0.3 is 0 Å². The minimum atomic E-state index is -0.129. The van der Waals surface area contributed by atoms with Crippen molar-refractivity contribution in [2.75, 3.05) is 40.4 Å². The van der Waals surface area contributed by atoms with Crippen LogP contribution in [-0.4, -0.2) is 62.0 Å². The van der Waals surface area contributed by atoms with E-state index in [4.69, 9.17) is 19.6 Å². The minimum absolute atomic E-state index is 0.118. The highest BCUT2D eigenvalue weighted by Crippen LogP contribution is 2.26. The van der Waals surface area contributed by atoms with Gasteiger partial charge in [-0.3, -0.25) is 9.59 Å². The highest BCUT2D eigenvalue weighted by Gasteiger charge is 2.27. The topological polar surface area (TPSA) is 98.2 Å². The lowest BCUT2D eigenvalue weighted by molar-refractivity contribution is 0.0533. The number of rotatable bonds is 5. The van der Waals surface area contributed by atoms with Gasteiger partial charge in [-0.1, -0.05) is 0 Å². The molecule has 0 aliphatic carbocycles. The molecule has 2 heterocycles. The second-order valence-electron chi connectivity index (χ2n) is 6.16. The summed E-state index contributed by atoms with van der Waals surface area (Å²) in [4.78, 5) is 28.8. The van der Waals surface area contributed by atoms with Crippen molar-refractivity contribution in [3.63, 3.8) is 0 Å². The van der Waals surface area contributed by atoms with Crippen molar-refractivity contribution in [3.8, 4) is 11.5 Å². The van der Waals surface area contributed by atoms with Crippen molar-refractivity contribution in [1.29, 1.82) is 0 Å². The maximum atomic E-state index is 12.8. The number of benzene rings is 1. The molecule has 3 rings (SSSR count). The first-order valence-electron chi connectivity index (χ1n) is 8.65. The second-order valence-corrected chi connectivity index (χ2v) is 6.16. The van der Waals surface area contributed by atoms with Gasteiger partial charge < -0.3 is 29.4 Å². The molecular weight excluding hydrogens is 350 g/mol. The van der Waals surface area contributed by atoms with Crippen molar-refractivity contribution in [2.24, 2.45) is 5.73 Å². The van der Waals surface area contributed by atoms with Crippen LogP contribution in [0.15, 0.2) is 34.9 Å². The number of hydrogen-bond acceptors (Lipinski definition) is 6. The van der Waals surface area contributed by atoms with Gasteiger partial charge in [0.1, 0.15) is 23.5 Å². The molecule has 1 saturated heterocycles. The van der Waals surface area contributed by atoms with E-state index in [0.29, 0.717) is 54.6 Å². The van der Waals surface area contributed by atoms with E-state index in [0.717, 1.165) is 0 Å². The van der Waals surface area contributed by atoms with Gasteiger partial charge in [0.15, 0.2) is 0 Å². The summed E-state index contributed by atoms with van der Waals surface area (Å²) in [5.74, 6) is 1.41. The number of nitrogens with two attached hydrogens (primary N) is 1. The molecule has 1 aromatic carbocycles. The zero-order valence-electron chi connectivity index (χ0n) is 15.4. The van der Waals surface area contributed by atoms with Crippen LogP contribution in [-0.2, 0) is 6.54 Å². The van der Waals surface area contributed by atoms with Crippen molar-refractivity contribution < 1.29 is 23.5 Å². The Morgan fingerprint density at radius 2 is 1.70 bits per heavy atom. The molecule has 8 nitrogen and oxygen atoms in total. The predicted octanol–water partition coefficient (Wildman–Crippen LogP) is 1.35. The standard InChI is InChI=1S/C19H23N3O5/c1-25-14-3-4-16(17(10-14)26-2)19(24)22-7-5-21(6-8-22)18(23)13-9-15(11-20)27-12-13/h3-4,9-10,12H,5-8,11,20H2,1-2H3. The number of carbonyl (C=O) groups is 2. The van der Waals surface area contributed by atoms with Crippen molar-refractivity contribution in [3.05, 3.63) is 47.4 Å². The maximum absolute atomic E-state index is 12.8. The molecule has 27 heavy (non-hydrogen) atoms. The van der Waals surface area contributed by atoms with Crippen LogP contribution in [0.4, 0.5) is 0 Å². The van der Waals surface area contributed by atoms with Crippen molar-refractivity contribution in [2.45, 2.75) is 6.54 Å². The highest BCUT2D eigenvalue weighted by molar-refractivity contribution is 5.98. The van der Waals surface area contributed by atoms with E-state index in [1.165, 1.54) is 13.4 Å². The van der Waals surface area contributed by atoms with E-state index in [1.54, 1.807) is 41.2 Å². The smallest absolute Gasteiger partial charge is 0.257 e. The zero-order valence-corrected chi connectivity index (χ0v) is 15.4. The van der Waals surface area contributed by atoms with Gasteiger partial charge in [-0.25, -0.2) is 0 Å². The van der Waals surface area contributed by atoms with E-state index >= 15 is 0 Å². The summed E-state index contributed by atoms with van der Waals surface area (Å²) in [6.07, 6.45) is 1.42. The fraction of sp³-hybridized carbons (Fsp3) is 0.368. The molecule has 0 atom stereocenters. The van der Waals surface area contributed by atoms with Crippen LogP contribution in [0.2, 0.25) is 0 Å². The van der Waals surface area contributed by atoms with Crippen LogP contribution in [0, 0.1) is 0 Å². The number of nitrogens with zero attached hydrogens (tertiary/aromatic N) is 2. The Morgan fingerprint density at radius 1 is 1.04 bits per heavy atom. The van der Waals surface area contributed by atoms with Crippen LogP contribution in [0.1, 0.15) is 26.5 Å². The average Bonchev–Trinajstić information content (AvgIpc) is 3.21. The fourth-order valence-corrected chi connectivity index (χ4v) is 3.04. The number of piperazine rings is 1. The summed E-state index contributed by atoms with van der Waals surface area (Å²) in [6.45, 7) is 2.04. The number of carbonyl (C=O) groups excluding carboxylic acids is 2. The van der Waals surface area contributed by atoms with Gasteiger partial charge in [0, 0.05) is 32.2 Å². The quantitative estimate of drug-likeness (QED) is 0.850. The Balaban J connectivity index is 1.65. The number of amides is 2. The Bertz CT molecular complexity index is 825. The molecule has 1 aromatic heterocycles. The van der Waals surface area contributed by atoms with Crippen LogP contribution in [0.3, 0.4) is 0 Å². The Morgan fingerprint density at radius 3 is 2.26 bits per heavy atom. The lowest BCUT2D eigenvalue weighted by atomic mass is 10.1. The summed E-state index contributed by atoms with van der Waals surface area (Å²) in [5.41, 5.74) is 6.46. The van der Waals surface area contributed by atoms with Crippen LogP contribution >= 0.6 is 0 Å². The molecule has 2 aromatic rings. The fourth-order valence-electron chi connectivity index (χ4n) is 3.04. The molecule has 0 radical (unpaired) electrons. The molecule has 1 aliphatic heterocycles. The first kappa shape index (κ1) is 18.8. The number of hydrogen-bond donors (Lipinski definition) is 1. The van der Waals surface area contributed by atoms with E-state index in [9.17, 15) is 9.59 Å². The highest BCUT2D eigenvalue weighted by atomic mass is 16.5. The van der Waals surface area contributed by atoms with Gasteiger partial charge in [-0.05, 0) is 18.2 Å². The van der Waals surface area contributed by atoms with Gasteiger partial charge in [-0.2, -0.15) is 0 Å². The van der Waals surface area contributed by atoms with Crippen LogP contribution < -0.4 is 15.2 Å². The van der Waals surface area contributed by atoms with Crippen LogP contribution in [0.25, 0.3) is 0 Å². The van der Waals surface area contributed by atoms with Crippen molar-refractivity contribution >= 4 is 11.8 Å². The summed E-state index contributed by atoms with van der Waals surface area (Å²) >= 11 is 0. The Kier molecular flexibility index (Phi) is 5.66. The zero-order chi connectivity index (χ0) is 19.4. The third-order valence-corrected chi connectivity index (χ3v) is 4.60. The molecule has 1 fully saturated rings. The molecule has 8 heteroatoms. The molecule has 1 aliphatic rings. The number of furan rings is 1. The third-order valence-electron chi connectivity index (χ3n) is 4.60. The molecule has 0 unspecified atom stereocenters. The van der Waals surface area contributed by atoms with Gasteiger partial charge in [-0.15, -0.1) is 0 Å². The minimum Gasteiger partial charge on any atom is -0.497 e. The number of ether oxygens (including phenoxy) is 2.